The van der Waals surface area contributed by atoms with Crippen LogP contribution in [0.3, 0.4) is 0 Å². The molecule has 0 bridgehead atoms. The number of ether oxygens (including phenoxy) is 1. The maximum atomic E-state index is 12.0. The predicted molar refractivity (Wildman–Crippen MR) is 72.7 cm³/mol. The summed E-state index contributed by atoms with van der Waals surface area (Å²) in [5, 5.41) is 8.95. The highest BCUT2D eigenvalue weighted by Gasteiger charge is 2.27. The van der Waals surface area contributed by atoms with Gasteiger partial charge in [0.1, 0.15) is 5.60 Å². The van der Waals surface area contributed by atoms with Gasteiger partial charge in [0.25, 0.3) is 0 Å². The van der Waals surface area contributed by atoms with Gasteiger partial charge in [-0.1, -0.05) is 18.2 Å². The summed E-state index contributed by atoms with van der Waals surface area (Å²) in [6.45, 7) is 6.94. The fourth-order valence-electron chi connectivity index (χ4n) is 2.19. The van der Waals surface area contributed by atoms with Gasteiger partial charge in [0.05, 0.1) is 0 Å². The van der Waals surface area contributed by atoms with Crippen LogP contribution in [-0.4, -0.2) is 28.3 Å². The summed E-state index contributed by atoms with van der Waals surface area (Å²) in [5.41, 5.74) is 2.95. The lowest BCUT2D eigenvalue weighted by molar-refractivity contribution is 0.0242. The maximum Gasteiger partial charge on any atom is 0.410 e. The first-order valence-electron chi connectivity index (χ1n) is 6.58. The summed E-state index contributed by atoms with van der Waals surface area (Å²) in [7, 11) is 0. The monoisotopic (exact) mass is 263 g/mol. The molecule has 0 aromatic heterocycles. The Kier molecular flexibility index (Phi) is 3.80. The summed E-state index contributed by atoms with van der Waals surface area (Å²) in [5.74, 6) is 0. The molecule has 2 rings (SSSR count). The Bertz CT molecular complexity index is 477. The van der Waals surface area contributed by atoms with Gasteiger partial charge in [-0.3, -0.25) is 4.90 Å². The minimum Gasteiger partial charge on any atom is -0.444 e. The Balaban J connectivity index is 2.05. The zero-order chi connectivity index (χ0) is 14.0. The van der Waals surface area contributed by atoms with Crippen molar-refractivity contribution < 1.29 is 14.6 Å². The zero-order valence-corrected chi connectivity index (χ0v) is 11.8. The zero-order valence-electron chi connectivity index (χ0n) is 11.8. The largest absolute Gasteiger partial charge is 0.444 e. The number of aliphatic hydroxyl groups excluding tert-OH is 1. The second kappa shape index (κ2) is 5.21. The van der Waals surface area contributed by atoms with E-state index in [0.717, 1.165) is 16.7 Å². The molecule has 0 fully saturated rings. The molecule has 0 spiro atoms. The van der Waals surface area contributed by atoms with Crippen LogP contribution in [0.1, 0.15) is 37.5 Å². The molecule has 19 heavy (non-hydrogen) atoms. The highest BCUT2D eigenvalue weighted by atomic mass is 16.6. The fraction of sp³-hybridized carbons (Fsp3) is 0.533. The van der Waals surface area contributed by atoms with Gasteiger partial charge >= 0.3 is 6.09 Å². The van der Waals surface area contributed by atoms with Crippen LogP contribution in [0.5, 0.6) is 0 Å². The Morgan fingerprint density at radius 1 is 1.32 bits per heavy atom. The van der Waals surface area contributed by atoms with Crippen molar-refractivity contribution in [3.63, 3.8) is 0 Å². The van der Waals surface area contributed by atoms with Crippen LogP contribution in [-0.2, 0) is 24.2 Å². The van der Waals surface area contributed by atoms with E-state index < -0.39 is 5.60 Å². The lowest BCUT2D eigenvalue weighted by atomic mass is 10.0. The molecule has 0 atom stereocenters. The normalized spacial score (nSPS) is 14.4. The van der Waals surface area contributed by atoms with Gasteiger partial charge < -0.3 is 9.84 Å². The molecule has 0 unspecified atom stereocenters. The molecule has 1 amide bonds. The minimum atomic E-state index is -0.464. The molecule has 1 N–H and O–H groups in total. The van der Waals surface area contributed by atoms with Gasteiger partial charge in [-0.25, -0.2) is 4.79 Å². The van der Waals surface area contributed by atoms with Crippen molar-refractivity contribution in [2.75, 3.05) is 6.61 Å². The van der Waals surface area contributed by atoms with Crippen LogP contribution in [0.25, 0.3) is 0 Å². The van der Waals surface area contributed by atoms with Gasteiger partial charge in [0, 0.05) is 19.7 Å². The molecule has 1 aromatic carbocycles. The van der Waals surface area contributed by atoms with Crippen molar-refractivity contribution in [1.29, 1.82) is 0 Å². The lowest BCUT2D eigenvalue weighted by Gasteiger charge is -2.24. The van der Waals surface area contributed by atoms with Crippen molar-refractivity contribution in [1.82, 2.24) is 4.90 Å². The van der Waals surface area contributed by atoms with E-state index in [-0.39, 0.29) is 12.7 Å². The number of carbonyl (C=O) groups excluding carboxylic acids is 1. The van der Waals surface area contributed by atoms with Gasteiger partial charge in [0.15, 0.2) is 0 Å². The van der Waals surface area contributed by atoms with E-state index in [2.05, 4.69) is 6.07 Å². The number of nitrogens with zero attached hydrogens (tertiary/aromatic N) is 1. The first kappa shape index (κ1) is 13.9. The van der Waals surface area contributed by atoms with Crippen molar-refractivity contribution in [2.24, 2.45) is 0 Å². The molecular formula is C15H21NO3. The third-order valence-electron chi connectivity index (χ3n) is 3.05. The predicted octanol–water partition coefficient (Wildman–Crippen LogP) is 2.47. The molecule has 4 heteroatoms. The molecule has 0 saturated carbocycles. The van der Waals surface area contributed by atoms with Crippen LogP contribution >= 0.6 is 0 Å². The number of amides is 1. The van der Waals surface area contributed by atoms with Crippen LogP contribution in [0.2, 0.25) is 0 Å². The number of aliphatic hydroxyl groups is 1. The number of carbonyl (C=O) groups is 1. The van der Waals surface area contributed by atoms with Crippen LogP contribution in [0.4, 0.5) is 4.79 Å². The molecule has 104 valence electrons. The summed E-state index contributed by atoms with van der Waals surface area (Å²) in [4.78, 5) is 13.7. The molecular weight excluding hydrogens is 242 g/mol. The molecule has 4 nitrogen and oxygen atoms in total. The Morgan fingerprint density at radius 3 is 2.63 bits per heavy atom. The molecule has 1 heterocycles. The Morgan fingerprint density at radius 2 is 2.00 bits per heavy atom. The number of hydrogen-bond donors (Lipinski definition) is 1. The van der Waals surface area contributed by atoms with Gasteiger partial charge in [-0.05, 0) is 43.9 Å². The van der Waals surface area contributed by atoms with E-state index in [9.17, 15) is 4.79 Å². The fourth-order valence-corrected chi connectivity index (χ4v) is 2.19. The lowest BCUT2D eigenvalue weighted by Crippen LogP contribution is -2.33. The molecule has 1 aromatic rings. The minimum absolute atomic E-state index is 0.147. The van der Waals surface area contributed by atoms with Crippen LogP contribution in [0, 0.1) is 0 Å². The standard InChI is InChI=1S/C15H21NO3/c1-15(2,3)19-14(18)16-9-12-5-4-11(6-7-17)8-13(12)10-16/h4-5,8,17H,6-7,9-10H2,1-3H3. The summed E-state index contributed by atoms with van der Waals surface area (Å²) < 4.78 is 5.38. The third kappa shape index (κ3) is 3.47. The van der Waals surface area contributed by atoms with Gasteiger partial charge in [0.2, 0.25) is 0 Å². The molecule has 0 radical (unpaired) electrons. The Hall–Kier alpha value is -1.55. The van der Waals surface area contributed by atoms with E-state index >= 15 is 0 Å². The van der Waals surface area contributed by atoms with Crippen LogP contribution < -0.4 is 0 Å². The first-order valence-corrected chi connectivity index (χ1v) is 6.58. The van der Waals surface area contributed by atoms with Crippen molar-refractivity contribution in [3.05, 3.63) is 34.9 Å². The topological polar surface area (TPSA) is 49.8 Å². The van der Waals surface area contributed by atoms with E-state index in [4.69, 9.17) is 9.84 Å². The summed E-state index contributed by atoms with van der Waals surface area (Å²) in [6, 6.07) is 6.11. The Labute approximate surface area is 114 Å². The first-order chi connectivity index (χ1) is 8.89. The van der Waals surface area contributed by atoms with E-state index in [0.29, 0.717) is 19.5 Å². The van der Waals surface area contributed by atoms with Crippen LogP contribution in [0.15, 0.2) is 18.2 Å². The maximum absolute atomic E-state index is 12.0. The highest BCUT2D eigenvalue weighted by molar-refractivity contribution is 5.69. The smallest absolute Gasteiger partial charge is 0.410 e. The number of hydrogen-bond acceptors (Lipinski definition) is 3. The second-order valence-electron chi connectivity index (χ2n) is 5.91. The molecule has 1 aliphatic rings. The SMILES string of the molecule is CC(C)(C)OC(=O)N1Cc2ccc(CCO)cc2C1. The average Bonchev–Trinajstić information content (AvgIpc) is 2.70. The number of fused-ring (bicyclic) bond motifs is 1. The summed E-state index contributed by atoms with van der Waals surface area (Å²) >= 11 is 0. The number of rotatable bonds is 2. The third-order valence-corrected chi connectivity index (χ3v) is 3.05. The van der Waals surface area contributed by atoms with Crippen molar-refractivity contribution in [3.8, 4) is 0 Å². The van der Waals surface area contributed by atoms with E-state index in [1.165, 1.54) is 0 Å². The summed E-state index contributed by atoms with van der Waals surface area (Å²) in [6.07, 6.45) is 0.382. The van der Waals surface area contributed by atoms with Gasteiger partial charge in [-0.15, -0.1) is 0 Å². The molecule has 0 saturated heterocycles. The number of benzene rings is 1. The highest BCUT2D eigenvalue weighted by Crippen LogP contribution is 2.25. The molecule has 0 aliphatic carbocycles. The van der Waals surface area contributed by atoms with Gasteiger partial charge in [-0.2, -0.15) is 0 Å². The quantitative estimate of drug-likeness (QED) is 0.891. The van der Waals surface area contributed by atoms with E-state index in [1.807, 2.05) is 32.9 Å². The average molecular weight is 263 g/mol. The van der Waals surface area contributed by atoms with Crippen molar-refractivity contribution in [2.45, 2.75) is 45.9 Å². The second-order valence-corrected chi connectivity index (χ2v) is 5.91. The van der Waals surface area contributed by atoms with E-state index in [1.54, 1.807) is 4.90 Å². The molecule has 1 aliphatic heterocycles. The van der Waals surface area contributed by atoms with Crippen molar-refractivity contribution >= 4 is 6.09 Å².